The molecule has 4 nitrogen and oxygen atoms in total. The van der Waals surface area contributed by atoms with Gasteiger partial charge >= 0.3 is 0 Å². The van der Waals surface area contributed by atoms with Crippen molar-refractivity contribution >= 4 is 57.4 Å². The van der Waals surface area contributed by atoms with Gasteiger partial charge in [0.05, 0.1) is 15.1 Å². The molecule has 0 radical (unpaired) electrons. The van der Waals surface area contributed by atoms with Gasteiger partial charge in [0.15, 0.2) is 5.78 Å². The Kier molecular flexibility index (Phi) is 5.60. The molecule has 150 valence electrons. The highest BCUT2D eigenvalue weighted by atomic mass is 35.5. The zero-order valence-corrected chi connectivity index (χ0v) is 18.1. The Bertz CT molecular complexity index is 1080. The predicted octanol–water partition coefficient (Wildman–Crippen LogP) is 5.87. The molecule has 2 heterocycles. The number of amides is 1. The third-order valence-corrected chi connectivity index (χ3v) is 6.73. The fourth-order valence-corrected chi connectivity index (χ4v) is 4.63. The Morgan fingerprint density at radius 2 is 1.66 bits per heavy atom. The summed E-state index contributed by atoms with van der Waals surface area (Å²) in [6, 6.07) is 12.6. The van der Waals surface area contributed by atoms with Crippen LogP contribution in [0, 0.1) is 5.92 Å². The molecule has 4 rings (SSSR count). The molecular formula is C22H19Cl3N2O2. The third kappa shape index (κ3) is 3.65. The van der Waals surface area contributed by atoms with Crippen LogP contribution in [0.5, 0.6) is 0 Å². The SMILES string of the molecule is Cn1c(C(=O)N2CCC(C(=O)c3ccc(Cl)c(Cl)c3)CC2)c(Cl)c2ccccc21. The van der Waals surface area contributed by atoms with Crippen LogP contribution in [0.3, 0.4) is 0 Å². The molecular weight excluding hydrogens is 431 g/mol. The van der Waals surface area contributed by atoms with E-state index in [1.165, 1.54) is 0 Å². The van der Waals surface area contributed by atoms with E-state index in [0.29, 0.717) is 52.3 Å². The van der Waals surface area contributed by atoms with Crippen molar-refractivity contribution in [1.29, 1.82) is 0 Å². The largest absolute Gasteiger partial charge is 0.338 e. The smallest absolute Gasteiger partial charge is 0.272 e. The first-order valence-electron chi connectivity index (χ1n) is 9.40. The zero-order chi connectivity index (χ0) is 20.7. The number of Topliss-reactive ketones (excluding diaryl/α,β-unsaturated/α-hetero) is 1. The van der Waals surface area contributed by atoms with Crippen molar-refractivity contribution in [3.63, 3.8) is 0 Å². The quantitative estimate of drug-likeness (QED) is 0.469. The Labute approximate surface area is 183 Å². The molecule has 0 aliphatic carbocycles. The van der Waals surface area contributed by atoms with E-state index in [4.69, 9.17) is 34.8 Å². The molecule has 0 saturated carbocycles. The van der Waals surface area contributed by atoms with Crippen molar-refractivity contribution in [2.45, 2.75) is 12.8 Å². The van der Waals surface area contributed by atoms with Crippen LogP contribution in [-0.4, -0.2) is 34.2 Å². The summed E-state index contributed by atoms with van der Waals surface area (Å²) in [5.74, 6) is -0.202. The number of aryl methyl sites for hydroxylation is 1. The molecule has 0 unspecified atom stereocenters. The Hall–Kier alpha value is -2.01. The first-order chi connectivity index (χ1) is 13.9. The van der Waals surface area contributed by atoms with E-state index in [0.717, 1.165) is 10.9 Å². The summed E-state index contributed by atoms with van der Waals surface area (Å²) in [6.45, 7) is 1.02. The van der Waals surface area contributed by atoms with Crippen LogP contribution < -0.4 is 0 Å². The predicted molar refractivity (Wildman–Crippen MR) is 117 cm³/mol. The minimum atomic E-state index is -0.140. The van der Waals surface area contributed by atoms with Crippen LogP contribution in [0.2, 0.25) is 15.1 Å². The van der Waals surface area contributed by atoms with Gasteiger partial charge in [-0.2, -0.15) is 0 Å². The van der Waals surface area contributed by atoms with Crippen LogP contribution >= 0.6 is 34.8 Å². The fourth-order valence-electron chi connectivity index (χ4n) is 3.96. The molecule has 1 fully saturated rings. The summed E-state index contributed by atoms with van der Waals surface area (Å²) in [7, 11) is 1.85. The number of fused-ring (bicyclic) bond motifs is 1. The monoisotopic (exact) mass is 448 g/mol. The highest BCUT2D eigenvalue weighted by molar-refractivity contribution is 6.42. The second kappa shape index (κ2) is 8.02. The lowest BCUT2D eigenvalue weighted by molar-refractivity contribution is 0.0643. The molecule has 0 atom stereocenters. The van der Waals surface area contributed by atoms with Crippen LogP contribution in [0.25, 0.3) is 10.9 Å². The molecule has 3 aromatic rings. The van der Waals surface area contributed by atoms with Crippen molar-refractivity contribution in [3.05, 3.63) is 68.8 Å². The highest BCUT2D eigenvalue weighted by Gasteiger charge is 2.31. The summed E-state index contributed by atoms with van der Waals surface area (Å²) in [5.41, 5.74) is 1.97. The number of benzene rings is 2. The molecule has 7 heteroatoms. The van der Waals surface area contributed by atoms with Crippen LogP contribution in [0.4, 0.5) is 0 Å². The minimum Gasteiger partial charge on any atom is -0.338 e. The maximum absolute atomic E-state index is 13.1. The number of rotatable bonds is 3. The van der Waals surface area contributed by atoms with Crippen molar-refractivity contribution < 1.29 is 9.59 Å². The fraction of sp³-hybridized carbons (Fsp3) is 0.273. The normalized spacial score (nSPS) is 15.1. The summed E-state index contributed by atoms with van der Waals surface area (Å²) >= 11 is 18.5. The van der Waals surface area contributed by atoms with E-state index in [2.05, 4.69) is 0 Å². The van der Waals surface area contributed by atoms with Gasteiger partial charge in [-0.05, 0) is 37.1 Å². The first-order valence-corrected chi connectivity index (χ1v) is 10.5. The molecule has 29 heavy (non-hydrogen) atoms. The maximum Gasteiger partial charge on any atom is 0.272 e. The van der Waals surface area contributed by atoms with Gasteiger partial charge in [0.2, 0.25) is 0 Å². The van der Waals surface area contributed by atoms with Gasteiger partial charge in [-0.3, -0.25) is 9.59 Å². The van der Waals surface area contributed by atoms with Crippen molar-refractivity contribution in [2.75, 3.05) is 13.1 Å². The Balaban J connectivity index is 1.49. The number of piperidine rings is 1. The molecule has 0 bridgehead atoms. The molecule has 2 aromatic carbocycles. The van der Waals surface area contributed by atoms with E-state index >= 15 is 0 Å². The van der Waals surface area contributed by atoms with Gasteiger partial charge < -0.3 is 9.47 Å². The minimum absolute atomic E-state index is 0.0401. The number of carbonyl (C=O) groups is 2. The van der Waals surface area contributed by atoms with Crippen molar-refractivity contribution in [3.8, 4) is 0 Å². The number of hydrogen-bond donors (Lipinski definition) is 0. The van der Waals surface area contributed by atoms with Crippen molar-refractivity contribution in [2.24, 2.45) is 13.0 Å². The number of halogens is 3. The molecule has 0 N–H and O–H groups in total. The summed E-state index contributed by atoms with van der Waals surface area (Å²) < 4.78 is 1.84. The number of para-hydroxylation sites is 1. The van der Waals surface area contributed by atoms with Crippen LogP contribution in [0.1, 0.15) is 33.7 Å². The van der Waals surface area contributed by atoms with Crippen LogP contribution in [0.15, 0.2) is 42.5 Å². The summed E-state index contributed by atoms with van der Waals surface area (Å²) in [4.78, 5) is 27.7. The average molecular weight is 450 g/mol. The summed E-state index contributed by atoms with van der Waals surface area (Å²) in [5, 5.41) is 2.14. The maximum atomic E-state index is 13.1. The third-order valence-electron chi connectivity index (χ3n) is 5.60. The summed E-state index contributed by atoms with van der Waals surface area (Å²) in [6.07, 6.45) is 1.21. The number of carbonyl (C=O) groups excluding carboxylic acids is 2. The first kappa shape index (κ1) is 20.3. The second-order valence-corrected chi connectivity index (χ2v) is 8.49. The Morgan fingerprint density at radius 1 is 0.966 bits per heavy atom. The molecule has 0 spiro atoms. The van der Waals surface area contributed by atoms with Gasteiger partial charge in [-0.15, -0.1) is 0 Å². The number of aromatic nitrogens is 1. The molecule has 1 amide bonds. The van der Waals surface area contributed by atoms with E-state index in [1.54, 1.807) is 23.1 Å². The average Bonchev–Trinajstić information content (AvgIpc) is 3.00. The Morgan fingerprint density at radius 3 is 2.31 bits per heavy atom. The topological polar surface area (TPSA) is 42.3 Å². The van der Waals surface area contributed by atoms with E-state index < -0.39 is 0 Å². The lowest BCUT2D eigenvalue weighted by Gasteiger charge is -2.31. The molecule has 1 aliphatic rings. The van der Waals surface area contributed by atoms with Crippen LogP contribution in [-0.2, 0) is 7.05 Å². The lowest BCUT2D eigenvalue weighted by Crippen LogP contribution is -2.41. The van der Waals surface area contributed by atoms with Gasteiger partial charge in [-0.25, -0.2) is 0 Å². The van der Waals surface area contributed by atoms with Gasteiger partial charge in [-0.1, -0.05) is 53.0 Å². The second-order valence-electron chi connectivity index (χ2n) is 7.30. The van der Waals surface area contributed by atoms with Crippen molar-refractivity contribution in [1.82, 2.24) is 9.47 Å². The number of nitrogens with zero attached hydrogens (tertiary/aromatic N) is 2. The molecule has 1 saturated heterocycles. The van der Waals surface area contributed by atoms with Gasteiger partial charge in [0.25, 0.3) is 5.91 Å². The molecule has 1 aliphatic heterocycles. The van der Waals surface area contributed by atoms with E-state index in [1.807, 2.05) is 35.9 Å². The number of hydrogen-bond acceptors (Lipinski definition) is 2. The van der Waals surface area contributed by atoms with E-state index in [-0.39, 0.29) is 17.6 Å². The van der Waals surface area contributed by atoms with Gasteiger partial charge in [0, 0.05) is 42.5 Å². The lowest BCUT2D eigenvalue weighted by atomic mass is 9.89. The highest BCUT2D eigenvalue weighted by Crippen LogP contribution is 2.32. The molecule has 1 aromatic heterocycles. The standard InChI is InChI=1S/C22H19Cl3N2O2/c1-26-18-5-3-2-4-15(18)19(25)20(26)22(29)27-10-8-13(9-11-27)21(28)14-6-7-16(23)17(24)12-14/h2-7,12-13H,8-11H2,1H3. The van der Waals surface area contributed by atoms with E-state index in [9.17, 15) is 9.59 Å². The number of likely N-dealkylation sites (tertiary alicyclic amines) is 1. The zero-order valence-electron chi connectivity index (χ0n) is 15.8. The van der Waals surface area contributed by atoms with Gasteiger partial charge in [0.1, 0.15) is 5.69 Å². The number of ketones is 1.